The van der Waals surface area contributed by atoms with E-state index in [1.54, 1.807) is 6.92 Å². The molecule has 0 aromatic heterocycles. The molecule has 3 nitrogen and oxygen atoms in total. The SMILES string of the molecule is CC(=O)N[C@@H]1CCN[C@@H]1c1ccc(C2CC2)cc1. The lowest BCUT2D eigenvalue weighted by molar-refractivity contribution is -0.119. The van der Waals surface area contributed by atoms with Gasteiger partial charge in [-0.2, -0.15) is 0 Å². The van der Waals surface area contributed by atoms with Gasteiger partial charge in [0.05, 0.1) is 6.04 Å². The van der Waals surface area contributed by atoms with Crippen LogP contribution in [0.1, 0.15) is 49.3 Å². The average molecular weight is 244 g/mol. The van der Waals surface area contributed by atoms with Crippen LogP contribution in [0.2, 0.25) is 0 Å². The summed E-state index contributed by atoms with van der Waals surface area (Å²) in [5.41, 5.74) is 2.75. The monoisotopic (exact) mass is 244 g/mol. The summed E-state index contributed by atoms with van der Waals surface area (Å²) in [6.45, 7) is 2.56. The molecular formula is C15H20N2O. The Labute approximate surface area is 108 Å². The molecule has 2 N–H and O–H groups in total. The second-order valence-electron chi connectivity index (χ2n) is 5.47. The van der Waals surface area contributed by atoms with Gasteiger partial charge in [0.2, 0.25) is 5.91 Å². The molecule has 1 saturated heterocycles. The number of rotatable bonds is 3. The van der Waals surface area contributed by atoms with Gasteiger partial charge in [-0.1, -0.05) is 24.3 Å². The van der Waals surface area contributed by atoms with Crippen LogP contribution in [0, 0.1) is 0 Å². The average Bonchev–Trinajstić information content (AvgIpc) is 3.11. The lowest BCUT2D eigenvalue weighted by Gasteiger charge is -2.20. The Bertz CT molecular complexity index is 436. The van der Waals surface area contributed by atoms with Crippen LogP contribution < -0.4 is 10.6 Å². The molecule has 1 aliphatic carbocycles. The molecule has 96 valence electrons. The van der Waals surface area contributed by atoms with Gasteiger partial charge in [-0.15, -0.1) is 0 Å². The Hall–Kier alpha value is -1.35. The van der Waals surface area contributed by atoms with Gasteiger partial charge in [-0.05, 0) is 42.9 Å². The highest BCUT2D eigenvalue weighted by molar-refractivity contribution is 5.73. The van der Waals surface area contributed by atoms with Crippen molar-refractivity contribution in [3.05, 3.63) is 35.4 Å². The normalized spacial score (nSPS) is 27.2. The first-order chi connectivity index (χ1) is 8.74. The van der Waals surface area contributed by atoms with Crippen LogP contribution in [0.5, 0.6) is 0 Å². The van der Waals surface area contributed by atoms with Crippen LogP contribution in [0.4, 0.5) is 0 Å². The number of amides is 1. The lowest BCUT2D eigenvalue weighted by atomic mass is 9.98. The minimum absolute atomic E-state index is 0.0586. The quantitative estimate of drug-likeness (QED) is 0.855. The fourth-order valence-electron chi connectivity index (χ4n) is 2.86. The first-order valence-electron chi connectivity index (χ1n) is 6.84. The molecule has 18 heavy (non-hydrogen) atoms. The van der Waals surface area contributed by atoms with Crippen molar-refractivity contribution >= 4 is 5.91 Å². The van der Waals surface area contributed by atoms with Gasteiger partial charge in [-0.3, -0.25) is 4.79 Å². The standard InChI is InChI=1S/C15H20N2O/c1-10(18)17-14-8-9-16-15(14)13-6-4-12(5-7-13)11-2-3-11/h4-7,11,14-16H,2-3,8-9H2,1H3,(H,17,18)/t14-,15-/m1/s1. The summed E-state index contributed by atoms with van der Waals surface area (Å²) in [6.07, 6.45) is 3.69. The molecule has 3 rings (SSSR count). The third-order valence-corrected chi connectivity index (χ3v) is 3.95. The van der Waals surface area contributed by atoms with Crippen LogP contribution >= 0.6 is 0 Å². The van der Waals surface area contributed by atoms with Crippen molar-refractivity contribution in [1.82, 2.24) is 10.6 Å². The molecule has 2 atom stereocenters. The third kappa shape index (κ3) is 2.41. The molecule has 2 aliphatic rings. The molecule has 1 aromatic rings. The highest BCUT2D eigenvalue weighted by atomic mass is 16.1. The van der Waals surface area contributed by atoms with Gasteiger partial charge in [0, 0.05) is 13.0 Å². The van der Waals surface area contributed by atoms with Gasteiger partial charge in [0.15, 0.2) is 0 Å². The maximum atomic E-state index is 11.2. The van der Waals surface area contributed by atoms with Crippen molar-refractivity contribution in [2.45, 2.75) is 44.2 Å². The van der Waals surface area contributed by atoms with Gasteiger partial charge >= 0.3 is 0 Å². The summed E-state index contributed by atoms with van der Waals surface area (Å²) < 4.78 is 0. The second-order valence-corrected chi connectivity index (χ2v) is 5.47. The van der Waals surface area contributed by atoms with Crippen LogP contribution in [-0.2, 0) is 4.79 Å². The largest absolute Gasteiger partial charge is 0.352 e. The van der Waals surface area contributed by atoms with Crippen molar-refractivity contribution in [2.24, 2.45) is 0 Å². The smallest absolute Gasteiger partial charge is 0.217 e. The first-order valence-corrected chi connectivity index (χ1v) is 6.84. The van der Waals surface area contributed by atoms with E-state index in [2.05, 4.69) is 34.9 Å². The van der Waals surface area contributed by atoms with E-state index < -0.39 is 0 Å². The summed E-state index contributed by atoms with van der Waals surface area (Å²) >= 11 is 0. The van der Waals surface area contributed by atoms with Crippen molar-refractivity contribution in [1.29, 1.82) is 0 Å². The van der Waals surface area contributed by atoms with E-state index in [1.165, 1.54) is 24.0 Å². The van der Waals surface area contributed by atoms with E-state index in [0.717, 1.165) is 18.9 Å². The van der Waals surface area contributed by atoms with Gasteiger partial charge in [-0.25, -0.2) is 0 Å². The summed E-state index contributed by atoms with van der Waals surface area (Å²) in [5.74, 6) is 0.866. The van der Waals surface area contributed by atoms with Gasteiger partial charge in [0.1, 0.15) is 0 Å². The molecular weight excluding hydrogens is 224 g/mol. The molecule has 2 fully saturated rings. The van der Waals surface area contributed by atoms with Gasteiger partial charge in [0.25, 0.3) is 0 Å². The number of hydrogen-bond donors (Lipinski definition) is 2. The van der Waals surface area contributed by atoms with E-state index in [1.807, 2.05) is 0 Å². The molecule has 0 bridgehead atoms. The minimum atomic E-state index is 0.0586. The van der Waals surface area contributed by atoms with E-state index in [9.17, 15) is 4.79 Å². The predicted octanol–water partition coefficient (Wildman–Crippen LogP) is 2.10. The Morgan fingerprint density at radius 2 is 1.83 bits per heavy atom. The fraction of sp³-hybridized carbons (Fsp3) is 0.533. The summed E-state index contributed by atoms with van der Waals surface area (Å²) in [6, 6.07) is 9.42. The molecule has 0 spiro atoms. The summed E-state index contributed by atoms with van der Waals surface area (Å²) in [7, 11) is 0. The first kappa shape index (κ1) is 11.7. The molecule has 1 amide bonds. The molecule has 0 unspecified atom stereocenters. The molecule has 1 aromatic carbocycles. The number of hydrogen-bond acceptors (Lipinski definition) is 2. The summed E-state index contributed by atoms with van der Waals surface area (Å²) in [5, 5.41) is 6.52. The van der Waals surface area contributed by atoms with Crippen LogP contribution in [0.25, 0.3) is 0 Å². The number of carbonyl (C=O) groups excluding carboxylic acids is 1. The van der Waals surface area contributed by atoms with Crippen molar-refractivity contribution in [3.8, 4) is 0 Å². The molecule has 0 radical (unpaired) electrons. The zero-order chi connectivity index (χ0) is 12.5. The predicted molar refractivity (Wildman–Crippen MR) is 71.4 cm³/mol. The second kappa shape index (κ2) is 4.73. The van der Waals surface area contributed by atoms with E-state index in [-0.39, 0.29) is 18.0 Å². The van der Waals surface area contributed by atoms with Crippen LogP contribution in [-0.4, -0.2) is 18.5 Å². The Kier molecular flexibility index (Phi) is 3.08. The van der Waals surface area contributed by atoms with E-state index >= 15 is 0 Å². The van der Waals surface area contributed by atoms with Crippen molar-refractivity contribution in [3.63, 3.8) is 0 Å². The minimum Gasteiger partial charge on any atom is -0.352 e. The maximum absolute atomic E-state index is 11.2. The molecule has 1 heterocycles. The maximum Gasteiger partial charge on any atom is 0.217 e. The third-order valence-electron chi connectivity index (χ3n) is 3.95. The Balaban J connectivity index is 1.73. The zero-order valence-corrected chi connectivity index (χ0v) is 10.8. The fourth-order valence-corrected chi connectivity index (χ4v) is 2.86. The number of carbonyl (C=O) groups is 1. The lowest BCUT2D eigenvalue weighted by Crippen LogP contribution is -2.37. The van der Waals surface area contributed by atoms with Crippen molar-refractivity contribution in [2.75, 3.05) is 6.54 Å². The van der Waals surface area contributed by atoms with Crippen molar-refractivity contribution < 1.29 is 4.79 Å². The summed E-state index contributed by atoms with van der Waals surface area (Å²) in [4.78, 5) is 11.2. The van der Waals surface area contributed by atoms with E-state index in [4.69, 9.17) is 0 Å². The topological polar surface area (TPSA) is 41.1 Å². The molecule has 1 saturated carbocycles. The van der Waals surface area contributed by atoms with E-state index in [0.29, 0.717) is 0 Å². The van der Waals surface area contributed by atoms with Crippen LogP contribution in [0.15, 0.2) is 24.3 Å². The molecule has 1 aliphatic heterocycles. The highest BCUT2D eigenvalue weighted by Crippen LogP contribution is 2.40. The number of benzene rings is 1. The Morgan fingerprint density at radius 1 is 1.17 bits per heavy atom. The Morgan fingerprint density at radius 3 is 2.44 bits per heavy atom. The van der Waals surface area contributed by atoms with Crippen LogP contribution in [0.3, 0.4) is 0 Å². The highest BCUT2D eigenvalue weighted by Gasteiger charge is 2.29. The van der Waals surface area contributed by atoms with Gasteiger partial charge < -0.3 is 10.6 Å². The molecule has 3 heteroatoms. The zero-order valence-electron chi connectivity index (χ0n) is 10.8. The number of nitrogens with one attached hydrogen (secondary N) is 2.